The summed E-state index contributed by atoms with van der Waals surface area (Å²) in [4.78, 5) is 36.1. The second-order valence-corrected chi connectivity index (χ2v) is 6.12. The SMILES string of the molecule is CCCCn1c(-c2cccnc2)nc2c1c(=O)[nH]c(=O)n2CCCC. The summed E-state index contributed by atoms with van der Waals surface area (Å²) in [5, 5.41) is 0. The molecule has 0 aromatic carbocycles. The Labute approximate surface area is 145 Å². The summed E-state index contributed by atoms with van der Waals surface area (Å²) in [6.07, 6.45) is 7.16. The number of unbranched alkanes of at least 4 members (excludes halogenated alkanes) is 2. The molecule has 0 aliphatic carbocycles. The molecule has 0 fully saturated rings. The van der Waals surface area contributed by atoms with Crippen molar-refractivity contribution in [2.75, 3.05) is 0 Å². The third-order valence-corrected chi connectivity index (χ3v) is 4.28. The van der Waals surface area contributed by atoms with Crippen LogP contribution in [0.4, 0.5) is 0 Å². The molecule has 3 heterocycles. The van der Waals surface area contributed by atoms with Gasteiger partial charge in [-0.05, 0) is 25.0 Å². The van der Waals surface area contributed by atoms with E-state index < -0.39 is 5.69 Å². The highest BCUT2D eigenvalue weighted by atomic mass is 16.2. The number of hydrogen-bond acceptors (Lipinski definition) is 4. The molecule has 25 heavy (non-hydrogen) atoms. The molecule has 1 N–H and O–H groups in total. The van der Waals surface area contributed by atoms with Gasteiger partial charge in [0.1, 0.15) is 5.82 Å². The number of aromatic nitrogens is 5. The molecule has 0 atom stereocenters. The molecular formula is C18H23N5O2. The quantitative estimate of drug-likeness (QED) is 0.715. The van der Waals surface area contributed by atoms with Crippen LogP contribution >= 0.6 is 0 Å². The average Bonchev–Trinajstić information content (AvgIpc) is 3.00. The zero-order valence-corrected chi connectivity index (χ0v) is 14.7. The molecule has 0 radical (unpaired) electrons. The molecule has 0 bridgehead atoms. The average molecular weight is 341 g/mol. The van der Waals surface area contributed by atoms with E-state index >= 15 is 0 Å². The number of nitrogens with one attached hydrogen (secondary N) is 1. The largest absolute Gasteiger partial charge is 0.330 e. The Morgan fingerprint density at radius 3 is 2.44 bits per heavy atom. The number of imidazole rings is 1. The van der Waals surface area contributed by atoms with Crippen molar-refractivity contribution >= 4 is 11.2 Å². The Morgan fingerprint density at radius 1 is 1.08 bits per heavy atom. The summed E-state index contributed by atoms with van der Waals surface area (Å²) in [6, 6.07) is 3.76. The molecule has 0 amide bonds. The van der Waals surface area contributed by atoms with Crippen LogP contribution in [-0.2, 0) is 13.1 Å². The summed E-state index contributed by atoms with van der Waals surface area (Å²) in [5.41, 5.74) is 0.971. The van der Waals surface area contributed by atoms with Crippen molar-refractivity contribution in [3.63, 3.8) is 0 Å². The van der Waals surface area contributed by atoms with Crippen LogP contribution in [0.2, 0.25) is 0 Å². The number of fused-ring (bicyclic) bond motifs is 1. The van der Waals surface area contributed by atoms with Crippen molar-refractivity contribution < 1.29 is 0 Å². The summed E-state index contributed by atoms with van der Waals surface area (Å²) in [7, 11) is 0. The minimum Gasteiger partial charge on any atom is -0.318 e. The monoisotopic (exact) mass is 341 g/mol. The Hall–Kier alpha value is -2.70. The van der Waals surface area contributed by atoms with Gasteiger partial charge in [-0.3, -0.25) is 19.3 Å². The van der Waals surface area contributed by atoms with Gasteiger partial charge >= 0.3 is 5.69 Å². The number of rotatable bonds is 7. The minimum atomic E-state index is -0.399. The number of aryl methyl sites for hydroxylation is 2. The highest BCUT2D eigenvalue weighted by Gasteiger charge is 2.19. The van der Waals surface area contributed by atoms with Gasteiger partial charge in [0.05, 0.1) is 0 Å². The Bertz CT molecular complexity index is 969. The van der Waals surface area contributed by atoms with E-state index in [9.17, 15) is 9.59 Å². The van der Waals surface area contributed by atoms with E-state index in [0.717, 1.165) is 31.2 Å². The fourth-order valence-electron chi connectivity index (χ4n) is 2.95. The second kappa shape index (κ2) is 7.46. The van der Waals surface area contributed by atoms with Gasteiger partial charge in [0.15, 0.2) is 11.2 Å². The molecule has 0 saturated heterocycles. The van der Waals surface area contributed by atoms with Gasteiger partial charge in [0, 0.05) is 31.0 Å². The third kappa shape index (κ3) is 3.26. The highest BCUT2D eigenvalue weighted by Crippen LogP contribution is 2.22. The molecule has 7 heteroatoms. The smallest absolute Gasteiger partial charge is 0.318 e. The first-order valence-corrected chi connectivity index (χ1v) is 8.81. The molecule has 0 aliphatic heterocycles. The molecule has 0 unspecified atom stereocenters. The maximum Gasteiger partial charge on any atom is 0.330 e. The molecule has 3 aromatic heterocycles. The first-order valence-electron chi connectivity index (χ1n) is 8.81. The molecule has 0 saturated carbocycles. The van der Waals surface area contributed by atoms with Crippen LogP contribution in [0, 0.1) is 0 Å². The van der Waals surface area contributed by atoms with Crippen LogP contribution in [0.25, 0.3) is 22.6 Å². The normalized spacial score (nSPS) is 11.3. The van der Waals surface area contributed by atoms with Gasteiger partial charge in [-0.2, -0.15) is 0 Å². The lowest BCUT2D eigenvalue weighted by Gasteiger charge is -2.08. The van der Waals surface area contributed by atoms with Crippen LogP contribution in [0.1, 0.15) is 39.5 Å². The summed E-state index contributed by atoms with van der Waals surface area (Å²) in [5.74, 6) is 0.679. The predicted octanol–water partition coefficient (Wildman–Crippen LogP) is 2.55. The van der Waals surface area contributed by atoms with Gasteiger partial charge in [0.2, 0.25) is 0 Å². The highest BCUT2D eigenvalue weighted by molar-refractivity contribution is 5.76. The predicted molar refractivity (Wildman–Crippen MR) is 97.7 cm³/mol. The molecule has 0 spiro atoms. The molecule has 3 rings (SSSR count). The van der Waals surface area contributed by atoms with Gasteiger partial charge in [-0.1, -0.05) is 26.7 Å². The number of H-pyrrole nitrogens is 1. The number of pyridine rings is 1. The Morgan fingerprint density at radius 2 is 1.80 bits per heavy atom. The van der Waals surface area contributed by atoms with Crippen molar-refractivity contribution in [1.82, 2.24) is 24.1 Å². The summed E-state index contributed by atoms with van der Waals surface area (Å²) < 4.78 is 3.49. The van der Waals surface area contributed by atoms with Crippen molar-refractivity contribution in [1.29, 1.82) is 0 Å². The topological polar surface area (TPSA) is 85.6 Å². The van der Waals surface area contributed by atoms with Crippen LogP contribution in [0.15, 0.2) is 34.1 Å². The van der Waals surface area contributed by atoms with Crippen molar-refractivity contribution in [2.45, 2.75) is 52.6 Å². The van der Waals surface area contributed by atoms with Crippen molar-refractivity contribution in [3.05, 3.63) is 45.4 Å². The first-order chi connectivity index (χ1) is 12.2. The van der Waals surface area contributed by atoms with E-state index in [0.29, 0.717) is 30.1 Å². The van der Waals surface area contributed by atoms with Crippen LogP contribution < -0.4 is 11.2 Å². The fourth-order valence-corrected chi connectivity index (χ4v) is 2.95. The van der Waals surface area contributed by atoms with Gasteiger partial charge < -0.3 is 4.57 Å². The second-order valence-electron chi connectivity index (χ2n) is 6.12. The third-order valence-electron chi connectivity index (χ3n) is 4.28. The van der Waals surface area contributed by atoms with Crippen LogP contribution in [-0.4, -0.2) is 24.1 Å². The minimum absolute atomic E-state index is 0.383. The fraction of sp³-hybridized carbons (Fsp3) is 0.444. The lowest BCUT2D eigenvalue weighted by molar-refractivity contribution is 0.611. The first kappa shape index (κ1) is 17.1. The van der Waals surface area contributed by atoms with E-state index in [1.165, 1.54) is 0 Å². The number of hydrogen-bond donors (Lipinski definition) is 1. The van der Waals surface area contributed by atoms with E-state index in [1.807, 2.05) is 16.7 Å². The van der Waals surface area contributed by atoms with E-state index in [4.69, 9.17) is 0 Å². The number of nitrogens with zero attached hydrogens (tertiary/aromatic N) is 4. The van der Waals surface area contributed by atoms with E-state index in [2.05, 4.69) is 28.8 Å². The summed E-state index contributed by atoms with van der Waals surface area (Å²) in [6.45, 7) is 5.38. The van der Waals surface area contributed by atoms with Crippen LogP contribution in [0.3, 0.4) is 0 Å². The lowest BCUT2D eigenvalue weighted by Crippen LogP contribution is -2.31. The summed E-state index contributed by atoms with van der Waals surface area (Å²) >= 11 is 0. The van der Waals surface area contributed by atoms with E-state index in [1.54, 1.807) is 17.0 Å². The van der Waals surface area contributed by atoms with Gasteiger partial charge in [-0.25, -0.2) is 9.78 Å². The Balaban J connectivity index is 2.30. The lowest BCUT2D eigenvalue weighted by atomic mass is 10.2. The molecule has 7 nitrogen and oxygen atoms in total. The number of aromatic amines is 1. The molecule has 0 aliphatic rings. The van der Waals surface area contributed by atoms with Gasteiger partial charge in [-0.15, -0.1) is 0 Å². The van der Waals surface area contributed by atoms with Gasteiger partial charge in [0.25, 0.3) is 5.56 Å². The standard InChI is InChI=1S/C18H23N5O2/c1-3-5-10-22-14-16(20-15(22)13-8-7-9-19-12-13)23(11-6-4-2)18(25)21-17(14)24/h7-9,12H,3-6,10-11H2,1-2H3,(H,21,24,25). The Kier molecular flexibility index (Phi) is 5.11. The van der Waals surface area contributed by atoms with Crippen molar-refractivity contribution in [3.8, 4) is 11.4 Å². The van der Waals surface area contributed by atoms with E-state index in [-0.39, 0.29) is 5.56 Å². The molecule has 132 valence electrons. The zero-order valence-electron chi connectivity index (χ0n) is 14.7. The van der Waals surface area contributed by atoms with Crippen molar-refractivity contribution in [2.24, 2.45) is 0 Å². The molecule has 3 aromatic rings. The maximum absolute atomic E-state index is 12.5. The maximum atomic E-state index is 12.5. The van der Waals surface area contributed by atoms with Crippen LogP contribution in [0.5, 0.6) is 0 Å². The zero-order chi connectivity index (χ0) is 17.8. The molecular weight excluding hydrogens is 318 g/mol.